The van der Waals surface area contributed by atoms with Crippen LogP contribution in [-0.2, 0) is 17.8 Å². The van der Waals surface area contributed by atoms with Gasteiger partial charge < -0.3 is 9.42 Å². The lowest BCUT2D eigenvalue weighted by molar-refractivity contribution is -0.132. The molecule has 4 rings (SSSR count). The molecule has 0 bridgehead atoms. The fourth-order valence-electron chi connectivity index (χ4n) is 3.37. The lowest BCUT2D eigenvalue weighted by Crippen LogP contribution is -2.48. The van der Waals surface area contributed by atoms with E-state index in [0.717, 1.165) is 24.2 Å². The molecule has 0 atom stereocenters. The molecule has 1 amide bonds. The van der Waals surface area contributed by atoms with Crippen molar-refractivity contribution in [1.29, 1.82) is 0 Å². The Morgan fingerprint density at radius 1 is 1.03 bits per heavy atom. The van der Waals surface area contributed by atoms with Gasteiger partial charge in [0.15, 0.2) is 0 Å². The molecule has 1 aromatic heterocycles. The highest BCUT2D eigenvalue weighted by Crippen LogP contribution is 2.17. The Labute approximate surface area is 168 Å². The molecule has 150 valence electrons. The monoisotopic (exact) mass is 394 g/mol. The number of hydrogen-bond acceptors (Lipinski definition) is 5. The molecule has 2 heterocycles. The normalized spacial score (nSPS) is 14.9. The van der Waals surface area contributed by atoms with E-state index in [0.29, 0.717) is 37.8 Å². The molecule has 3 aromatic rings. The standard InChI is InChI=1S/C22H23FN4O2/c1-16-2-6-18(7-3-16)22-24-20(29-25-22)15-26-10-12-27(13-11-26)21(28)14-17-4-8-19(23)9-5-17/h2-9H,10-15H2,1H3. The summed E-state index contributed by atoms with van der Waals surface area (Å²) in [7, 11) is 0. The highest BCUT2D eigenvalue weighted by molar-refractivity contribution is 5.78. The first-order valence-electron chi connectivity index (χ1n) is 9.71. The molecule has 0 radical (unpaired) electrons. The van der Waals surface area contributed by atoms with Gasteiger partial charge in [0.25, 0.3) is 0 Å². The first-order valence-corrected chi connectivity index (χ1v) is 9.71. The van der Waals surface area contributed by atoms with Crippen LogP contribution in [-0.4, -0.2) is 52.0 Å². The summed E-state index contributed by atoms with van der Waals surface area (Å²) < 4.78 is 18.4. The molecule has 1 fully saturated rings. The van der Waals surface area contributed by atoms with Crippen molar-refractivity contribution in [1.82, 2.24) is 19.9 Å². The van der Waals surface area contributed by atoms with Gasteiger partial charge in [0.2, 0.25) is 17.6 Å². The Morgan fingerprint density at radius 3 is 2.41 bits per heavy atom. The fourth-order valence-corrected chi connectivity index (χ4v) is 3.37. The number of hydrogen-bond donors (Lipinski definition) is 0. The second-order valence-corrected chi connectivity index (χ2v) is 7.34. The smallest absolute Gasteiger partial charge is 0.241 e. The lowest BCUT2D eigenvalue weighted by Gasteiger charge is -2.34. The van der Waals surface area contributed by atoms with Crippen LogP contribution in [0.2, 0.25) is 0 Å². The number of rotatable bonds is 5. The van der Waals surface area contributed by atoms with E-state index in [1.54, 1.807) is 12.1 Å². The molecular formula is C22H23FN4O2. The summed E-state index contributed by atoms with van der Waals surface area (Å²) in [5, 5.41) is 4.07. The van der Waals surface area contributed by atoms with Crippen LogP contribution >= 0.6 is 0 Å². The summed E-state index contributed by atoms with van der Waals surface area (Å²) in [6.45, 7) is 5.40. The van der Waals surface area contributed by atoms with Crippen LogP contribution in [0.3, 0.4) is 0 Å². The van der Waals surface area contributed by atoms with Crippen molar-refractivity contribution in [2.45, 2.75) is 19.9 Å². The van der Waals surface area contributed by atoms with Gasteiger partial charge in [0, 0.05) is 31.7 Å². The number of benzene rings is 2. The van der Waals surface area contributed by atoms with Crippen LogP contribution in [0.15, 0.2) is 53.1 Å². The zero-order valence-corrected chi connectivity index (χ0v) is 16.3. The minimum atomic E-state index is -0.290. The van der Waals surface area contributed by atoms with E-state index in [-0.39, 0.29) is 11.7 Å². The zero-order valence-electron chi connectivity index (χ0n) is 16.3. The Morgan fingerprint density at radius 2 is 1.72 bits per heavy atom. The number of aryl methyl sites for hydroxylation is 1. The summed E-state index contributed by atoms with van der Waals surface area (Å²) in [5.74, 6) is 0.942. The van der Waals surface area contributed by atoms with Gasteiger partial charge in [0.1, 0.15) is 5.82 Å². The van der Waals surface area contributed by atoms with Gasteiger partial charge in [-0.2, -0.15) is 4.98 Å². The van der Waals surface area contributed by atoms with Gasteiger partial charge in [0.05, 0.1) is 13.0 Å². The Bertz CT molecular complexity index is 961. The predicted octanol–water partition coefficient (Wildman–Crippen LogP) is 3.07. The number of amides is 1. The van der Waals surface area contributed by atoms with E-state index >= 15 is 0 Å². The van der Waals surface area contributed by atoms with Crippen LogP contribution in [0.1, 0.15) is 17.0 Å². The molecule has 0 aliphatic carbocycles. The van der Waals surface area contributed by atoms with Crippen molar-refractivity contribution in [3.05, 3.63) is 71.4 Å². The maximum Gasteiger partial charge on any atom is 0.241 e. The van der Waals surface area contributed by atoms with Crippen LogP contribution in [0.25, 0.3) is 11.4 Å². The number of carbonyl (C=O) groups excluding carboxylic acids is 1. The van der Waals surface area contributed by atoms with Gasteiger partial charge in [-0.1, -0.05) is 47.1 Å². The summed E-state index contributed by atoms with van der Waals surface area (Å²) in [6.07, 6.45) is 0.295. The van der Waals surface area contributed by atoms with Crippen LogP contribution in [0.5, 0.6) is 0 Å². The molecule has 6 nitrogen and oxygen atoms in total. The largest absolute Gasteiger partial charge is 0.340 e. The molecule has 1 saturated heterocycles. The molecule has 0 N–H and O–H groups in total. The van der Waals surface area contributed by atoms with Crippen molar-refractivity contribution in [3.8, 4) is 11.4 Å². The predicted molar refractivity (Wildman–Crippen MR) is 106 cm³/mol. The van der Waals surface area contributed by atoms with Crippen LogP contribution in [0.4, 0.5) is 4.39 Å². The van der Waals surface area contributed by atoms with Crippen LogP contribution < -0.4 is 0 Å². The number of halogens is 1. The van der Waals surface area contributed by atoms with E-state index in [1.165, 1.54) is 17.7 Å². The van der Waals surface area contributed by atoms with E-state index in [9.17, 15) is 9.18 Å². The number of nitrogens with zero attached hydrogens (tertiary/aromatic N) is 4. The third-order valence-corrected chi connectivity index (χ3v) is 5.13. The molecule has 2 aromatic carbocycles. The highest BCUT2D eigenvalue weighted by atomic mass is 19.1. The van der Waals surface area contributed by atoms with E-state index in [4.69, 9.17) is 4.52 Å². The first kappa shape index (κ1) is 19.3. The average molecular weight is 394 g/mol. The molecule has 1 aliphatic rings. The maximum atomic E-state index is 13.0. The summed E-state index contributed by atoms with van der Waals surface area (Å²) in [5.41, 5.74) is 2.94. The first-order chi connectivity index (χ1) is 14.1. The third-order valence-electron chi connectivity index (χ3n) is 5.13. The SMILES string of the molecule is Cc1ccc(-c2noc(CN3CCN(C(=O)Cc4ccc(F)cc4)CC3)n2)cc1. The maximum absolute atomic E-state index is 13.0. The molecular weight excluding hydrogens is 371 g/mol. The van der Waals surface area contributed by atoms with Gasteiger partial charge >= 0.3 is 0 Å². The Kier molecular flexibility index (Phi) is 5.67. The molecule has 1 aliphatic heterocycles. The van der Waals surface area contributed by atoms with Crippen molar-refractivity contribution >= 4 is 5.91 Å². The topological polar surface area (TPSA) is 62.5 Å². The number of piperazine rings is 1. The number of aromatic nitrogens is 2. The van der Waals surface area contributed by atoms with Crippen molar-refractivity contribution in [3.63, 3.8) is 0 Å². The fraction of sp³-hybridized carbons (Fsp3) is 0.318. The lowest BCUT2D eigenvalue weighted by atomic mass is 10.1. The van der Waals surface area contributed by atoms with Gasteiger partial charge in [-0.25, -0.2) is 4.39 Å². The summed E-state index contributed by atoms with van der Waals surface area (Å²) >= 11 is 0. The summed E-state index contributed by atoms with van der Waals surface area (Å²) in [4.78, 5) is 21.0. The van der Waals surface area contributed by atoms with Gasteiger partial charge in [-0.15, -0.1) is 0 Å². The second-order valence-electron chi connectivity index (χ2n) is 7.34. The Hall–Kier alpha value is -3.06. The average Bonchev–Trinajstić information content (AvgIpc) is 3.19. The van der Waals surface area contributed by atoms with Gasteiger partial charge in [-0.05, 0) is 24.6 Å². The van der Waals surface area contributed by atoms with Gasteiger partial charge in [-0.3, -0.25) is 9.69 Å². The summed E-state index contributed by atoms with van der Waals surface area (Å²) in [6, 6.07) is 14.1. The van der Waals surface area contributed by atoms with E-state index in [2.05, 4.69) is 15.0 Å². The molecule has 7 heteroatoms. The van der Waals surface area contributed by atoms with Crippen molar-refractivity contribution in [2.24, 2.45) is 0 Å². The Balaban J connectivity index is 1.28. The molecule has 0 saturated carbocycles. The quantitative estimate of drug-likeness (QED) is 0.666. The van der Waals surface area contributed by atoms with E-state index < -0.39 is 0 Å². The number of carbonyl (C=O) groups is 1. The van der Waals surface area contributed by atoms with E-state index in [1.807, 2.05) is 36.1 Å². The van der Waals surface area contributed by atoms with Crippen molar-refractivity contribution in [2.75, 3.05) is 26.2 Å². The zero-order chi connectivity index (χ0) is 20.2. The minimum absolute atomic E-state index is 0.0655. The highest BCUT2D eigenvalue weighted by Gasteiger charge is 2.22. The second kappa shape index (κ2) is 8.53. The molecule has 0 spiro atoms. The third kappa shape index (κ3) is 4.86. The van der Waals surface area contributed by atoms with Crippen LogP contribution in [0, 0.1) is 12.7 Å². The van der Waals surface area contributed by atoms with Crippen molar-refractivity contribution < 1.29 is 13.7 Å². The minimum Gasteiger partial charge on any atom is -0.340 e. The molecule has 29 heavy (non-hydrogen) atoms. The molecule has 0 unspecified atom stereocenters.